The molecule has 5 rings (SSSR count). The van der Waals surface area contributed by atoms with E-state index in [2.05, 4.69) is 0 Å². The summed E-state index contributed by atoms with van der Waals surface area (Å²) in [5.41, 5.74) is 48.8. The fourth-order valence-corrected chi connectivity index (χ4v) is 4.59. The van der Waals surface area contributed by atoms with E-state index < -0.39 is 0 Å². The predicted octanol–water partition coefficient (Wildman–Crippen LogP) is 5.85. The van der Waals surface area contributed by atoms with Crippen LogP contribution in [0.1, 0.15) is 0 Å². The van der Waals surface area contributed by atoms with Gasteiger partial charge in [0.2, 0.25) is 0 Å². The third kappa shape index (κ3) is 4.01. The molecule has 178 valence electrons. The highest BCUT2D eigenvalue weighted by atomic mass is 14.6. The fraction of sp³-hybridized carbons (Fsp3) is 0. The van der Waals surface area contributed by atoms with Crippen molar-refractivity contribution in [3.63, 3.8) is 0 Å². The molecule has 6 heteroatoms. The third-order valence-corrected chi connectivity index (χ3v) is 6.37. The van der Waals surface area contributed by atoms with Gasteiger partial charge in [0, 0.05) is 56.4 Å². The highest BCUT2D eigenvalue weighted by Gasteiger charge is 2.25. The largest absolute Gasteiger partial charge is 0.399 e. The first-order chi connectivity index (χ1) is 17.3. The second kappa shape index (κ2) is 8.92. The molecule has 0 bridgehead atoms. The van der Waals surface area contributed by atoms with E-state index in [1.165, 1.54) is 0 Å². The number of nitrogen functional groups attached to an aromatic ring is 6. The van der Waals surface area contributed by atoms with E-state index in [1.807, 2.05) is 97.1 Å². The SMILES string of the molecule is Nc1ccc(-c2c(N)c(-c3ccc(N)cc3)c(-c3ccc(N)cc3)c(N)c2-c2ccc(N)cc2)cc1. The van der Waals surface area contributed by atoms with E-state index in [1.54, 1.807) is 0 Å². The van der Waals surface area contributed by atoms with Crippen LogP contribution in [0.25, 0.3) is 44.5 Å². The number of hydrogen-bond donors (Lipinski definition) is 6. The molecule has 0 radical (unpaired) electrons. The van der Waals surface area contributed by atoms with Crippen LogP contribution in [0.3, 0.4) is 0 Å². The van der Waals surface area contributed by atoms with E-state index in [4.69, 9.17) is 34.4 Å². The molecule has 0 saturated heterocycles. The second-order valence-corrected chi connectivity index (χ2v) is 8.82. The van der Waals surface area contributed by atoms with Crippen LogP contribution >= 0.6 is 0 Å². The molecule has 6 nitrogen and oxygen atoms in total. The maximum atomic E-state index is 7.06. The highest BCUT2D eigenvalue weighted by molar-refractivity contribution is 6.11. The standard InChI is InChI=1S/C30H28N6/c31-21-9-1-17(2-10-21)25-26(18-3-11-22(32)12-4-18)30(36)28(20-7-15-24(34)16-8-20)27(29(25)35)19-5-13-23(33)14-6-19/h1-16H,31-36H2. The predicted molar refractivity (Wildman–Crippen MR) is 155 cm³/mol. The van der Waals surface area contributed by atoms with E-state index in [0.29, 0.717) is 34.1 Å². The Kier molecular flexibility index (Phi) is 5.62. The number of anilines is 6. The van der Waals surface area contributed by atoms with E-state index in [9.17, 15) is 0 Å². The van der Waals surface area contributed by atoms with E-state index in [-0.39, 0.29) is 0 Å². The Balaban J connectivity index is 1.94. The Morgan fingerprint density at radius 3 is 0.583 bits per heavy atom. The van der Waals surface area contributed by atoms with Crippen LogP contribution in [-0.2, 0) is 0 Å². The molecular formula is C30H28N6. The van der Waals surface area contributed by atoms with Crippen LogP contribution in [0, 0.1) is 0 Å². The van der Waals surface area contributed by atoms with Gasteiger partial charge in [-0.1, -0.05) is 48.5 Å². The van der Waals surface area contributed by atoms with Crippen molar-refractivity contribution in [2.45, 2.75) is 0 Å². The van der Waals surface area contributed by atoms with E-state index >= 15 is 0 Å². The van der Waals surface area contributed by atoms with Crippen molar-refractivity contribution in [1.82, 2.24) is 0 Å². The summed E-state index contributed by atoms with van der Waals surface area (Å²) in [7, 11) is 0. The van der Waals surface area contributed by atoms with Crippen molar-refractivity contribution in [3.05, 3.63) is 97.1 Å². The summed E-state index contributed by atoms with van der Waals surface area (Å²) in [5, 5.41) is 0. The molecule has 0 spiro atoms. The Bertz CT molecular complexity index is 1300. The lowest BCUT2D eigenvalue weighted by atomic mass is 9.82. The zero-order valence-corrected chi connectivity index (χ0v) is 19.7. The third-order valence-electron chi connectivity index (χ3n) is 6.37. The highest BCUT2D eigenvalue weighted by Crippen LogP contribution is 2.52. The van der Waals surface area contributed by atoms with Gasteiger partial charge >= 0.3 is 0 Å². The van der Waals surface area contributed by atoms with Gasteiger partial charge in [-0.2, -0.15) is 0 Å². The first kappa shape index (κ1) is 22.7. The van der Waals surface area contributed by atoms with Crippen LogP contribution in [0.5, 0.6) is 0 Å². The normalized spacial score (nSPS) is 10.9. The average Bonchev–Trinajstić information content (AvgIpc) is 2.87. The lowest BCUT2D eigenvalue weighted by Gasteiger charge is -2.24. The van der Waals surface area contributed by atoms with Gasteiger partial charge in [0.1, 0.15) is 0 Å². The summed E-state index contributed by atoms with van der Waals surface area (Å²) in [6.07, 6.45) is 0. The molecule has 0 aliphatic heterocycles. The molecule has 0 amide bonds. The van der Waals surface area contributed by atoms with Gasteiger partial charge in [-0.3, -0.25) is 0 Å². The molecule has 0 aromatic heterocycles. The maximum Gasteiger partial charge on any atom is 0.0487 e. The lowest BCUT2D eigenvalue weighted by Crippen LogP contribution is -2.05. The van der Waals surface area contributed by atoms with Crippen molar-refractivity contribution in [2.24, 2.45) is 0 Å². The average molecular weight is 473 g/mol. The molecule has 5 aromatic rings. The summed E-state index contributed by atoms with van der Waals surface area (Å²) >= 11 is 0. The topological polar surface area (TPSA) is 156 Å². The van der Waals surface area contributed by atoms with Gasteiger partial charge in [-0.25, -0.2) is 0 Å². The van der Waals surface area contributed by atoms with Crippen LogP contribution in [0.4, 0.5) is 34.1 Å². The minimum absolute atomic E-state index is 0.595. The molecule has 0 aliphatic rings. The van der Waals surface area contributed by atoms with Crippen LogP contribution in [-0.4, -0.2) is 0 Å². The van der Waals surface area contributed by atoms with Crippen molar-refractivity contribution in [3.8, 4) is 44.5 Å². The summed E-state index contributed by atoms with van der Waals surface area (Å²) in [5.74, 6) is 0. The summed E-state index contributed by atoms with van der Waals surface area (Å²) in [4.78, 5) is 0. The summed E-state index contributed by atoms with van der Waals surface area (Å²) in [6.45, 7) is 0. The van der Waals surface area contributed by atoms with Gasteiger partial charge in [-0.15, -0.1) is 0 Å². The number of nitrogens with two attached hydrogens (primary N) is 6. The molecule has 0 unspecified atom stereocenters. The van der Waals surface area contributed by atoms with Crippen molar-refractivity contribution in [2.75, 3.05) is 34.4 Å². The zero-order valence-electron chi connectivity index (χ0n) is 19.7. The van der Waals surface area contributed by atoms with E-state index in [0.717, 1.165) is 44.5 Å². The Morgan fingerprint density at radius 2 is 0.417 bits per heavy atom. The smallest absolute Gasteiger partial charge is 0.0487 e. The molecule has 0 aliphatic carbocycles. The summed E-state index contributed by atoms with van der Waals surface area (Å²) in [6, 6.07) is 30.5. The second-order valence-electron chi connectivity index (χ2n) is 8.82. The Hall–Kier alpha value is -5.10. The zero-order chi connectivity index (χ0) is 25.4. The van der Waals surface area contributed by atoms with Crippen LogP contribution < -0.4 is 34.4 Å². The molecule has 0 atom stereocenters. The van der Waals surface area contributed by atoms with Crippen molar-refractivity contribution >= 4 is 34.1 Å². The molecule has 0 fully saturated rings. The fourth-order valence-electron chi connectivity index (χ4n) is 4.59. The first-order valence-electron chi connectivity index (χ1n) is 11.5. The van der Waals surface area contributed by atoms with Crippen LogP contribution in [0.15, 0.2) is 97.1 Å². The number of hydrogen-bond acceptors (Lipinski definition) is 6. The number of benzene rings is 5. The molecule has 12 N–H and O–H groups in total. The monoisotopic (exact) mass is 472 g/mol. The van der Waals surface area contributed by atoms with Gasteiger partial charge in [0.05, 0.1) is 0 Å². The molecule has 36 heavy (non-hydrogen) atoms. The van der Waals surface area contributed by atoms with Gasteiger partial charge < -0.3 is 34.4 Å². The molecule has 0 heterocycles. The molecule has 0 saturated carbocycles. The minimum Gasteiger partial charge on any atom is -0.399 e. The summed E-state index contributed by atoms with van der Waals surface area (Å²) < 4.78 is 0. The Labute approximate surface area is 210 Å². The lowest BCUT2D eigenvalue weighted by molar-refractivity contribution is 1.53. The van der Waals surface area contributed by atoms with Crippen molar-refractivity contribution in [1.29, 1.82) is 0 Å². The van der Waals surface area contributed by atoms with Gasteiger partial charge in [0.25, 0.3) is 0 Å². The van der Waals surface area contributed by atoms with Crippen molar-refractivity contribution < 1.29 is 0 Å². The quantitative estimate of drug-likeness (QED) is 0.180. The molecule has 5 aromatic carbocycles. The first-order valence-corrected chi connectivity index (χ1v) is 11.5. The van der Waals surface area contributed by atoms with Gasteiger partial charge in [-0.05, 0) is 70.8 Å². The maximum absolute atomic E-state index is 7.06. The molecular weight excluding hydrogens is 444 g/mol. The number of rotatable bonds is 4. The minimum atomic E-state index is 0.595. The van der Waals surface area contributed by atoms with Gasteiger partial charge in [0.15, 0.2) is 0 Å². The Morgan fingerprint density at radius 1 is 0.250 bits per heavy atom. The van der Waals surface area contributed by atoms with Crippen LogP contribution in [0.2, 0.25) is 0 Å².